The molecule has 0 saturated carbocycles. The van der Waals surface area contributed by atoms with Crippen molar-refractivity contribution >= 4 is 11.6 Å². The van der Waals surface area contributed by atoms with Gasteiger partial charge in [0.05, 0.1) is 11.9 Å². The summed E-state index contributed by atoms with van der Waals surface area (Å²) in [5.74, 6) is 0.161. The number of nitrogens with zero attached hydrogens (tertiary/aromatic N) is 4. The highest BCUT2D eigenvalue weighted by Crippen LogP contribution is 2.25. The van der Waals surface area contributed by atoms with Crippen molar-refractivity contribution in [3.8, 4) is 5.69 Å². The van der Waals surface area contributed by atoms with Crippen molar-refractivity contribution in [2.45, 2.75) is 32.2 Å². The Labute approximate surface area is 172 Å². The highest BCUT2D eigenvalue weighted by molar-refractivity contribution is 5.76. The van der Waals surface area contributed by atoms with E-state index in [1.165, 1.54) is 24.1 Å². The van der Waals surface area contributed by atoms with E-state index < -0.39 is 0 Å². The van der Waals surface area contributed by atoms with Crippen molar-refractivity contribution in [1.82, 2.24) is 14.7 Å². The number of para-hydroxylation sites is 2. The van der Waals surface area contributed by atoms with E-state index in [4.69, 9.17) is 0 Å². The lowest BCUT2D eigenvalue weighted by atomic mass is 10.1. The lowest BCUT2D eigenvalue weighted by molar-refractivity contribution is -0.130. The first-order chi connectivity index (χ1) is 14.2. The van der Waals surface area contributed by atoms with Gasteiger partial charge in [0.1, 0.15) is 0 Å². The predicted molar refractivity (Wildman–Crippen MR) is 116 cm³/mol. The van der Waals surface area contributed by atoms with Gasteiger partial charge >= 0.3 is 0 Å². The molecule has 1 fully saturated rings. The van der Waals surface area contributed by atoms with Crippen LogP contribution in [0.1, 0.15) is 30.4 Å². The zero-order valence-corrected chi connectivity index (χ0v) is 17.0. The smallest absolute Gasteiger partial charge is 0.222 e. The molecule has 29 heavy (non-hydrogen) atoms. The average Bonchev–Trinajstić information content (AvgIpc) is 3.45. The Morgan fingerprint density at radius 3 is 2.55 bits per heavy atom. The van der Waals surface area contributed by atoms with Crippen molar-refractivity contribution in [3.05, 3.63) is 78.1 Å². The average molecular weight is 389 g/mol. The van der Waals surface area contributed by atoms with E-state index in [9.17, 15) is 4.79 Å². The molecule has 5 heteroatoms. The van der Waals surface area contributed by atoms with Gasteiger partial charge in [-0.2, -0.15) is 5.10 Å². The number of carbonyl (C=O) groups is 1. The summed E-state index contributed by atoms with van der Waals surface area (Å²) in [5.41, 5.74) is 4.60. The molecule has 0 unspecified atom stereocenters. The third-order valence-corrected chi connectivity index (χ3v) is 5.56. The van der Waals surface area contributed by atoms with Crippen LogP contribution in [-0.2, 0) is 17.8 Å². The molecular weight excluding hydrogens is 360 g/mol. The second kappa shape index (κ2) is 8.95. The topological polar surface area (TPSA) is 41.4 Å². The predicted octanol–water partition coefficient (Wildman–Crippen LogP) is 4.06. The Balaban J connectivity index is 1.34. The van der Waals surface area contributed by atoms with Gasteiger partial charge in [-0.05, 0) is 48.6 Å². The maximum atomic E-state index is 12.7. The first kappa shape index (κ1) is 19.2. The number of benzene rings is 2. The lowest BCUT2D eigenvalue weighted by Crippen LogP contribution is -2.28. The number of amides is 1. The van der Waals surface area contributed by atoms with Crippen molar-refractivity contribution in [2.75, 3.05) is 25.0 Å². The Hall–Kier alpha value is -3.08. The Morgan fingerprint density at radius 2 is 1.76 bits per heavy atom. The summed E-state index contributed by atoms with van der Waals surface area (Å²) < 4.78 is 1.86. The minimum atomic E-state index is 0.161. The van der Waals surface area contributed by atoms with E-state index in [1.54, 1.807) is 0 Å². The summed E-state index contributed by atoms with van der Waals surface area (Å²) in [5, 5.41) is 4.42. The number of aryl methyl sites for hydroxylation is 1. The fraction of sp³-hybridized carbons (Fsp3) is 0.333. The van der Waals surface area contributed by atoms with Crippen LogP contribution in [0.3, 0.4) is 0 Å². The maximum absolute atomic E-state index is 12.7. The quantitative estimate of drug-likeness (QED) is 0.613. The molecule has 2 heterocycles. The van der Waals surface area contributed by atoms with Crippen LogP contribution in [0, 0.1) is 0 Å². The Kier molecular flexibility index (Phi) is 5.94. The van der Waals surface area contributed by atoms with Crippen molar-refractivity contribution in [1.29, 1.82) is 0 Å². The summed E-state index contributed by atoms with van der Waals surface area (Å²) >= 11 is 0. The third kappa shape index (κ3) is 4.67. The van der Waals surface area contributed by atoms with Gasteiger partial charge in [-0.3, -0.25) is 4.79 Å². The minimum Gasteiger partial charge on any atom is -0.371 e. The number of hydrogen-bond donors (Lipinski definition) is 0. The van der Waals surface area contributed by atoms with Gasteiger partial charge in [-0.1, -0.05) is 36.4 Å². The fourth-order valence-corrected chi connectivity index (χ4v) is 3.91. The third-order valence-electron chi connectivity index (χ3n) is 5.56. The van der Waals surface area contributed by atoms with Gasteiger partial charge < -0.3 is 9.80 Å². The zero-order valence-electron chi connectivity index (χ0n) is 17.0. The van der Waals surface area contributed by atoms with Crippen LogP contribution in [0.15, 0.2) is 67.0 Å². The number of hydrogen-bond acceptors (Lipinski definition) is 3. The maximum Gasteiger partial charge on any atom is 0.222 e. The van der Waals surface area contributed by atoms with Crippen LogP contribution >= 0.6 is 0 Å². The molecule has 150 valence electrons. The monoisotopic (exact) mass is 388 g/mol. The zero-order chi connectivity index (χ0) is 20.1. The highest BCUT2D eigenvalue weighted by Gasteiger charge is 2.17. The van der Waals surface area contributed by atoms with Crippen molar-refractivity contribution in [3.63, 3.8) is 0 Å². The highest BCUT2D eigenvalue weighted by atomic mass is 16.2. The van der Waals surface area contributed by atoms with Gasteiger partial charge in [0, 0.05) is 45.0 Å². The van der Waals surface area contributed by atoms with E-state index in [0.29, 0.717) is 19.4 Å². The minimum absolute atomic E-state index is 0.161. The van der Waals surface area contributed by atoms with Crippen LogP contribution in [0.4, 0.5) is 5.69 Å². The van der Waals surface area contributed by atoms with Crippen LogP contribution < -0.4 is 4.90 Å². The van der Waals surface area contributed by atoms with Crippen LogP contribution in [-0.4, -0.2) is 40.7 Å². The van der Waals surface area contributed by atoms with Crippen LogP contribution in [0.5, 0.6) is 0 Å². The van der Waals surface area contributed by atoms with E-state index in [-0.39, 0.29) is 5.91 Å². The molecule has 1 amide bonds. The van der Waals surface area contributed by atoms with Gasteiger partial charge in [0.25, 0.3) is 0 Å². The van der Waals surface area contributed by atoms with Crippen LogP contribution in [0.2, 0.25) is 0 Å². The molecule has 0 aliphatic carbocycles. The van der Waals surface area contributed by atoms with E-state index >= 15 is 0 Å². The molecule has 2 aromatic carbocycles. The number of aromatic nitrogens is 2. The normalized spacial score (nSPS) is 13.6. The van der Waals surface area contributed by atoms with Gasteiger partial charge in [-0.25, -0.2) is 4.68 Å². The molecular formula is C24H28N4O. The summed E-state index contributed by atoms with van der Waals surface area (Å²) in [6.07, 6.45) is 7.54. The molecule has 1 aliphatic rings. The number of carbonyl (C=O) groups excluding carboxylic acids is 1. The first-order valence-corrected chi connectivity index (χ1v) is 10.4. The molecule has 0 atom stereocenters. The first-order valence-electron chi connectivity index (χ1n) is 10.4. The standard InChI is InChI=1S/C24H28N4O/c1-26(19-21-9-5-6-12-23(21)27-15-7-8-16-27)24(29)14-13-20-17-25-28(18-20)22-10-3-2-4-11-22/h2-6,9-12,17-18H,7-8,13-16,19H2,1H3. The van der Waals surface area contributed by atoms with E-state index in [2.05, 4.69) is 34.3 Å². The second-order valence-corrected chi connectivity index (χ2v) is 7.70. The molecule has 5 nitrogen and oxygen atoms in total. The van der Waals surface area contributed by atoms with Gasteiger partial charge in [-0.15, -0.1) is 0 Å². The molecule has 1 saturated heterocycles. The number of anilines is 1. The summed E-state index contributed by atoms with van der Waals surface area (Å²) in [6, 6.07) is 18.5. The molecule has 0 radical (unpaired) electrons. The fourth-order valence-electron chi connectivity index (χ4n) is 3.91. The second-order valence-electron chi connectivity index (χ2n) is 7.70. The van der Waals surface area contributed by atoms with E-state index in [0.717, 1.165) is 24.3 Å². The summed E-state index contributed by atoms with van der Waals surface area (Å²) in [7, 11) is 1.90. The number of rotatable bonds is 7. The Bertz CT molecular complexity index is 944. The summed E-state index contributed by atoms with van der Waals surface area (Å²) in [6.45, 7) is 2.87. The van der Waals surface area contributed by atoms with Crippen LogP contribution in [0.25, 0.3) is 5.69 Å². The molecule has 0 spiro atoms. The van der Waals surface area contributed by atoms with Crippen molar-refractivity contribution in [2.24, 2.45) is 0 Å². The van der Waals surface area contributed by atoms with Crippen molar-refractivity contribution < 1.29 is 4.79 Å². The molecule has 0 N–H and O–H groups in total. The SMILES string of the molecule is CN(Cc1ccccc1N1CCCC1)C(=O)CCc1cnn(-c2ccccc2)c1. The van der Waals surface area contributed by atoms with Gasteiger partial charge in [0.2, 0.25) is 5.91 Å². The molecule has 1 aromatic heterocycles. The molecule has 1 aliphatic heterocycles. The summed E-state index contributed by atoms with van der Waals surface area (Å²) in [4.78, 5) is 17.0. The molecule has 3 aromatic rings. The molecule has 4 rings (SSSR count). The lowest BCUT2D eigenvalue weighted by Gasteiger charge is -2.24. The van der Waals surface area contributed by atoms with E-state index in [1.807, 2.05) is 59.4 Å². The molecule has 0 bridgehead atoms. The largest absolute Gasteiger partial charge is 0.371 e. The van der Waals surface area contributed by atoms with Gasteiger partial charge in [0.15, 0.2) is 0 Å². The Morgan fingerprint density at radius 1 is 1.03 bits per heavy atom.